The van der Waals surface area contributed by atoms with Crippen LogP contribution in [0.3, 0.4) is 0 Å². The summed E-state index contributed by atoms with van der Waals surface area (Å²) >= 11 is 2.58. The van der Waals surface area contributed by atoms with Crippen LogP contribution in [0.1, 0.15) is 86.5 Å². The quantitative estimate of drug-likeness (QED) is 0.0300. The van der Waals surface area contributed by atoms with Crippen LogP contribution in [0.15, 0.2) is 0 Å². The van der Waals surface area contributed by atoms with Gasteiger partial charge in [-0.1, -0.05) is 41.5 Å². The molecule has 0 aliphatic rings. The van der Waals surface area contributed by atoms with Crippen molar-refractivity contribution in [1.82, 2.24) is 42.5 Å². The zero-order valence-corrected chi connectivity index (χ0v) is 42.2. The molecule has 0 fully saturated rings. The molecule has 0 radical (unpaired) electrons. The van der Waals surface area contributed by atoms with E-state index in [9.17, 15) is 78.0 Å². The van der Waals surface area contributed by atoms with E-state index in [-0.39, 0.29) is 30.9 Å². The minimum Gasteiger partial charge on any atom is -0.481 e. The summed E-state index contributed by atoms with van der Waals surface area (Å²) in [4.78, 5) is 154. The summed E-state index contributed by atoms with van der Waals surface area (Å²) in [6.45, 7) is 8.61. The molecule has 0 spiro atoms. The van der Waals surface area contributed by atoms with E-state index in [1.807, 2.05) is 0 Å². The minimum absolute atomic E-state index is 0.0593. The van der Waals surface area contributed by atoms with Crippen LogP contribution < -0.4 is 48.3 Å². The predicted molar refractivity (Wildman–Crippen MR) is 255 cm³/mol. The number of carbonyl (C=O) groups excluding carboxylic acids is 8. The number of rotatable bonds is 35. The standard InChI is InChI=1S/C42H71N9O17S2/c1-19(2)15-26(47-34(59)22(43)16-30(55)56)38(63)44-23(9-10-29(53)54)35(60)48-27(17-31(57)58)39(64)45-24(11-13-69-7)36(61)49-28(18-52)40(65)50-32(20(3)4)41(66)46-25(12-14-70-8)37(62)51-33(21(5)6)42(67)68/h19-28,32-33,52H,9-18,43H2,1-8H3,(H,44,63)(H,45,64)(H,46,66)(H,47,59)(H,48,60)(H,49,61)(H,50,65)(H,51,62)(H,53,54)(H,55,56)(H,57,58)(H,67,68)/t22-,23-,24-,25-,26-,27-,28-,32-,33-/m0/s1. The van der Waals surface area contributed by atoms with Gasteiger partial charge in [-0.25, -0.2) is 4.79 Å². The first-order valence-corrected chi connectivity index (χ1v) is 25.0. The van der Waals surface area contributed by atoms with Gasteiger partial charge in [-0.3, -0.25) is 52.7 Å². The predicted octanol–water partition coefficient (Wildman–Crippen LogP) is -3.05. The number of amides is 8. The fraction of sp³-hybridized carbons (Fsp3) is 0.714. The van der Waals surface area contributed by atoms with E-state index in [0.717, 1.165) is 0 Å². The lowest BCUT2D eigenvalue weighted by atomic mass is 10.0. The van der Waals surface area contributed by atoms with Crippen molar-refractivity contribution in [2.75, 3.05) is 30.6 Å². The molecule has 0 aromatic rings. The van der Waals surface area contributed by atoms with Crippen LogP contribution in [0.4, 0.5) is 0 Å². The summed E-state index contributed by atoms with van der Waals surface area (Å²) in [7, 11) is 0. The SMILES string of the molecule is CSCC[C@H](NC(=O)[C@H](CC(=O)O)NC(=O)[C@H](CCC(=O)O)NC(=O)[C@H](CC(C)C)NC(=O)[C@@H](N)CC(=O)O)C(=O)N[C@@H](CO)C(=O)N[C@H](C(=O)N[C@@H](CCSC)C(=O)N[C@H](C(=O)O)C(C)C)C(C)C. The summed E-state index contributed by atoms with van der Waals surface area (Å²) in [6, 6.07) is -13.8. The Hall–Kier alpha value is -5.74. The number of aliphatic carboxylic acids is 4. The maximum absolute atomic E-state index is 13.7. The van der Waals surface area contributed by atoms with Crippen LogP contribution in [0.2, 0.25) is 0 Å². The van der Waals surface area contributed by atoms with E-state index in [1.54, 1.807) is 54.1 Å². The van der Waals surface area contributed by atoms with Crippen molar-refractivity contribution < 1.29 is 83.1 Å². The molecule has 70 heavy (non-hydrogen) atoms. The summed E-state index contributed by atoms with van der Waals surface area (Å²) in [5, 5.41) is 66.6. The summed E-state index contributed by atoms with van der Waals surface area (Å²) in [5.41, 5.74) is 5.63. The molecule has 15 N–H and O–H groups in total. The van der Waals surface area contributed by atoms with Crippen molar-refractivity contribution in [3.63, 3.8) is 0 Å². The molecule has 8 amide bonds. The number of hydrogen-bond acceptors (Lipinski definition) is 16. The third-order valence-electron chi connectivity index (χ3n) is 10.1. The molecule has 28 heteroatoms. The lowest BCUT2D eigenvalue weighted by Gasteiger charge is -2.28. The van der Waals surface area contributed by atoms with E-state index in [0.29, 0.717) is 5.75 Å². The Morgan fingerprint density at radius 2 is 0.814 bits per heavy atom. The number of aliphatic hydroxyl groups is 1. The highest BCUT2D eigenvalue weighted by molar-refractivity contribution is 7.98. The number of carboxylic acid groups (broad SMARTS) is 4. The Bertz CT molecular complexity index is 1840. The highest BCUT2D eigenvalue weighted by Gasteiger charge is 2.36. The van der Waals surface area contributed by atoms with Crippen LogP contribution in [0, 0.1) is 17.8 Å². The zero-order chi connectivity index (χ0) is 54.0. The van der Waals surface area contributed by atoms with Crippen LogP contribution in [0.5, 0.6) is 0 Å². The fourth-order valence-corrected chi connectivity index (χ4v) is 7.24. The molecule has 0 unspecified atom stereocenters. The molecule has 0 bridgehead atoms. The average molecular weight is 1040 g/mol. The van der Waals surface area contributed by atoms with Gasteiger partial charge in [0.2, 0.25) is 47.3 Å². The number of aliphatic hydroxyl groups excluding tert-OH is 1. The maximum atomic E-state index is 13.7. The molecule has 9 atom stereocenters. The van der Waals surface area contributed by atoms with Gasteiger partial charge in [0.05, 0.1) is 25.5 Å². The van der Waals surface area contributed by atoms with Gasteiger partial charge < -0.3 is 73.8 Å². The molecule has 26 nitrogen and oxygen atoms in total. The number of nitrogens with two attached hydrogens (primary N) is 1. The second kappa shape index (κ2) is 33.0. The van der Waals surface area contributed by atoms with Gasteiger partial charge in [0.15, 0.2) is 0 Å². The highest BCUT2D eigenvalue weighted by atomic mass is 32.2. The Morgan fingerprint density at radius 3 is 1.23 bits per heavy atom. The Labute approximate surface area is 414 Å². The monoisotopic (exact) mass is 1040 g/mol. The smallest absolute Gasteiger partial charge is 0.326 e. The number of nitrogens with one attached hydrogen (secondary N) is 8. The molecule has 398 valence electrons. The summed E-state index contributed by atoms with van der Waals surface area (Å²) < 4.78 is 0. The number of thioether (sulfide) groups is 2. The van der Waals surface area contributed by atoms with Crippen molar-refractivity contribution in [1.29, 1.82) is 0 Å². The van der Waals surface area contributed by atoms with E-state index in [4.69, 9.17) is 10.8 Å². The molecular formula is C42H71N9O17S2. The third-order valence-corrected chi connectivity index (χ3v) is 11.4. The van der Waals surface area contributed by atoms with Crippen molar-refractivity contribution in [2.45, 2.75) is 141 Å². The van der Waals surface area contributed by atoms with Crippen molar-refractivity contribution in [3.05, 3.63) is 0 Å². The maximum Gasteiger partial charge on any atom is 0.326 e. The molecule has 0 heterocycles. The first-order chi connectivity index (χ1) is 32.6. The van der Waals surface area contributed by atoms with Crippen LogP contribution >= 0.6 is 23.5 Å². The van der Waals surface area contributed by atoms with E-state index < -0.39 is 170 Å². The average Bonchev–Trinajstić information content (AvgIpc) is 3.25. The molecule has 0 aliphatic carbocycles. The molecule has 0 saturated heterocycles. The molecule has 0 aromatic carbocycles. The van der Waals surface area contributed by atoms with Crippen LogP contribution in [0.25, 0.3) is 0 Å². The normalized spacial score (nSPS) is 15.0. The van der Waals surface area contributed by atoms with Gasteiger partial charge in [-0.2, -0.15) is 23.5 Å². The molecule has 0 aliphatic heterocycles. The largest absolute Gasteiger partial charge is 0.481 e. The molecule has 0 rings (SSSR count). The van der Waals surface area contributed by atoms with Crippen LogP contribution in [-0.2, 0) is 57.5 Å². The molecule has 0 saturated carbocycles. The molecular weight excluding hydrogens is 967 g/mol. The highest BCUT2D eigenvalue weighted by Crippen LogP contribution is 2.12. The zero-order valence-electron chi connectivity index (χ0n) is 40.5. The Balaban J connectivity index is 6.46. The molecule has 0 aromatic heterocycles. The van der Waals surface area contributed by atoms with Gasteiger partial charge in [0, 0.05) is 6.42 Å². The fourth-order valence-electron chi connectivity index (χ4n) is 6.29. The number of carboxylic acids is 4. The van der Waals surface area contributed by atoms with Gasteiger partial charge in [-0.05, 0) is 67.5 Å². The van der Waals surface area contributed by atoms with Gasteiger partial charge in [0.1, 0.15) is 48.3 Å². The van der Waals surface area contributed by atoms with Crippen molar-refractivity contribution >= 4 is 94.7 Å². The van der Waals surface area contributed by atoms with Crippen molar-refractivity contribution in [2.24, 2.45) is 23.5 Å². The van der Waals surface area contributed by atoms with E-state index >= 15 is 0 Å². The topological polar surface area (TPSA) is 428 Å². The first-order valence-electron chi connectivity index (χ1n) is 22.3. The van der Waals surface area contributed by atoms with E-state index in [1.165, 1.54) is 23.5 Å². The lowest BCUT2D eigenvalue weighted by molar-refractivity contribution is -0.143. The van der Waals surface area contributed by atoms with E-state index in [2.05, 4.69) is 42.5 Å². The Kier molecular flexibility index (Phi) is 30.3. The first kappa shape index (κ1) is 64.3. The summed E-state index contributed by atoms with van der Waals surface area (Å²) in [6.07, 6.45) is 0.0882. The van der Waals surface area contributed by atoms with Crippen LogP contribution in [-0.4, -0.2) is 182 Å². The van der Waals surface area contributed by atoms with Gasteiger partial charge in [-0.15, -0.1) is 0 Å². The second-order valence-corrected chi connectivity index (χ2v) is 19.2. The summed E-state index contributed by atoms with van der Waals surface area (Å²) in [5.74, 6) is -14.8. The lowest BCUT2D eigenvalue weighted by Crippen LogP contribution is -2.61. The number of hydrogen-bond donors (Lipinski definition) is 14. The minimum atomic E-state index is -1.97. The Morgan fingerprint density at radius 1 is 0.443 bits per heavy atom. The second-order valence-electron chi connectivity index (χ2n) is 17.3. The van der Waals surface area contributed by atoms with Gasteiger partial charge >= 0.3 is 23.9 Å². The third kappa shape index (κ3) is 24.7. The number of carbonyl (C=O) groups is 12. The van der Waals surface area contributed by atoms with Crippen molar-refractivity contribution in [3.8, 4) is 0 Å². The van der Waals surface area contributed by atoms with Gasteiger partial charge in [0.25, 0.3) is 0 Å².